The van der Waals surface area contributed by atoms with Crippen molar-refractivity contribution in [2.24, 2.45) is 0 Å². The van der Waals surface area contributed by atoms with Gasteiger partial charge in [0.1, 0.15) is 29.8 Å². The van der Waals surface area contributed by atoms with Gasteiger partial charge in [0, 0.05) is 54.4 Å². The van der Waals surface area contributed by atoms with Crippen LogP contribution in [-0.2, 0) is 4.79 Å². The highest BCUT2D eigenvalue weighted by atomic mass is 32.1. The summed E-state index contributed by atoms with van der Waals surface area (Å²) >= 11 is 0.568. The average Bonchev–Trinajstić information content (AvgIpc) is 3.68. The van der Waals surface area contributed by atoms with Gasteiger partial charge in [0.25, 0.3) is 0 Å². The number of aromatic nitrogens is 3. The van der Waals surface area contributed by atoms with E-state index in [2.05, 4.69) is 32.5 Å². The van der Waals surface area contributed by atoms with Crippen LogP contribution in [0.15, 0.2) is 37.1 Å². The molecule has 3 aliphatic heterocycles. The number of thiophene rings is 1. The number of benzene rings is 1. The van der Waals surface area contributed by atoms with Crippen molar-refractivity contribution in [1.29, 1.82) is 5.26 Å². The summed E-state index contributed by atoms with van der Waals surface area (Å²) in [5.41, 5.74) is -0.553. The molecule has 46 heavy (non-hydrogen) atoms. The van der Waals surface area contributed by atoms with Crippen molar-refractivity contribution in [3.05, 3.63) is 53.8 Å². The summed E-state index contributed by atoms with van der Waals surface area (Å²) in [4.78, 5) is 31.5. The van der Waals surface area contributed by atoms with E-state index in [1.807, 2.05) is 4.90 Å². The molecule has 0 radical (unpaired) electrons. The van der Waals surface area contributed by atoms with E-state index in [1.54, 1.807) is 4.90 Å². The summed E-state index contributed by atoms with van der Waals surface area (Å²) < 4.78 is 66.0. The number of rotatable bonds is 7. The zero-order valence-corrected chi connectivity index (χ0v) is 25.5. The van der Waals surface area contributed by atoms with Gasteiger partial charge in [0.15, 0.2) is 11.6 Å². The molecule has 238 valence electrons. The van der Waals surface area contributed by atoms with Crippen LogP contribution in [0.4, 0.5) is 23.4 Å². The number of anilines is 1. The number of carbonyl (C=O) groups excluding carboxylic acids is 1. The number of halogens is 4. The fraction of sp³-hybridized carbons (Fsp3) is 0.406. The topological polar surface area (TPSA) is 98.5 Å². The molecule has 3 aliphatic rings. The van der Waals surface area contributed by atoms with Gasteiger partial charge in [0.2, 0.25) is 11.0 Å². The number of amides is 1. The molecule has 0 aliphatic carbocycles. The monoisotopic (exact) mass is 651 g/mol. The molecule has 3 atom stereocenters. The summed E-state index contributed by atoms with van der Waals surface area (Å²) in [6, 6.07) is 5.99. The second-order valence-corrected chi connectivity index (χ2v) is 12.9. The molecule has 9 nitrogen and oxygen atoms in total. The molecule has 14 heteroatoms. The Morgan fingerprint density at radius 3 is 2.83 bits per heavy atom. The van der Waals surface area contributed by atoms with Crippen molar-refractivity contribution in [3.8, 4) is 23.3 Å². The molecule has 0 N–H and O–H groups in total. The van der Waals surface area contributed by atoms with Gasteiger partial charge in [-0.15, -0.1) is 11.3 Å². The Hall–Kier alpha value is -4.35. The lowest BCUT2D eigenvalue weighted by atomic mass is 9.95. The number of alkyl halides is 1. The van der Waals surface area contributed by atoms with Gasteiger partial charge in [-0.25, -0.2) is 13.2 Å². The lowest BCUT2D eigenvalue weighted by Gasteiger charge is -2.41. The molecule has 0 saturated carbocycles. The Bertz CT molecular complexity index is 1920. The van der Waals surface area contributed by atoms with Gasteiger partial charge >= 0.3 is 6.01 Å². The van der Waals surface area contributed by atoms with Crippen molar-refractivity contribution in [2.45, 2.75) is 43.4 Å². The van der Waals surface area contributed by atoms with E-state index in [0.29, 0.717) is 36.7 Å². The van der Waals surface area contributed by atoms with E-state index in [9.17, 15) is 23.2 Å². The molecule has 7 rings (SSSR count). The van der Waals surface area contributed by atoms with Crippen LogP contribution in [0.2, 0.25) is 0 Å². The lowest BCUT2D eigenvalue weighted by Crippen LogP contribution is -2.55. The standard InChI is InChI=1S/C32H29F4N7O2S/c1-2-23(44)43-12-11-41(16-19(43)7-9-37)30-22-14-38-26(21-6-3-5-20-24(34)29(36)46-28(20)21)25(35)27(22)39-31(40-30)45-17-32-8-4-10-42(32)15-18(33)13-32/h2-3,5-6,14,18-19H,1,4,7-8,10-13,15-17H2/t18-,19+,32+/m1/s1. The summed E-state index contributed by atoms with van der Waals surface area (Å²) in [5, 5.41) is 8.76. The van der Waals surface area contributed by atoms with Gasteiger partial charge in [-0.05, 0) is 25.5 Å². The Kier molecular flexibility index (Phi) is 7.76. The molecule has 3 saturated heterocycles. The third kappa shape index (κ3) is 5.02. The SMILES string of the molecule is C=CC(=O)N1CCN(c2nc(OC[C@@]34CCCN3C[C@H](F)C4)nc3c(F)c(-c4cccc5c(F)c(F)sc45)ncc23)C[C@@H]1CC#N. The first-order chi connectivity index (χ1) is 22.2. The number of fused-ring (bicyclic) bond motifs is 3. The third-order valence-electron chi connectivity index (χ3n) is 9.31. The maximum atomic E-state index is 16.6. The van der Waals surface area contributed by atoms with Crippen LogP contribution in [-0.4, -0.2) is 87.7 Å². The minimum atomic E-state index is -1.01. The number of pyridine rings is 1. The van der Waals surface area contributed by atoms with Gasteiger partial charge in [-0.1, -0.05) is 24.8 Å². The molecule has 3 fully saturated rings. The summed E-state index contributed by atoms with van der Waals surface area (Å²) in [6.45, 7) is 5.57. The zero-order valence-electron chi connectivity index (χ0n) is 24.7. The van der Waals surface area contributed by atoms with Gasteiger partial charge in [-0.2, -0.15) is 19.6 Å². The van der Waals surface area contributed by atoms with Crippen LogP contribution in [0, 0.1) is 28.1 Å². The van der Waals surface area contributed by atoms with Crippen molar-refractivity contribution >= 4 is 44.1 Å². The fourth-order valence-electron chi connectivity index (χ4n) is 7.14. The second kappa shape index (κ2) is 11.8. The predicted molar refractivity (Wildman–Crippen MR) is 165 cm³/mol. The highest BCUT2D eigenvalue weighted by Crippen LogP contribution is 2.42. The maximum Gasteiger partial charge on any atom is 0.319 e. The van der Waals surface area contributed by atoms with Crippen LogP contribution in [0.5, 0.6) is 6.01 Å². The van der Waals surface area contributed by atoms with E-state index < -0.39 is 34.5 Å². The number of nitrogens with zero attached hydrogens (tertiary/aromatic N) is 7. The summed E-state index contributed by atoms with van der Waals surface area (Å²) in [5.74, 6) is -1.83. The first-order valence-corrected chi connectivity index (χ1v) is 15.8. The molecule has 1 aromatic carbocycles. The first kappa shape index (κ1) is 30.3. The zero-order chi connectivity index (χ0) is 32.2. The molecule has 0 unspecified atom stereocenters. The minimum Gasteiger partial charge on any atom is -0.461 e. The number of hydrogen-bond acceptors (Lipinski definition) is 9. The van der Waals surface area contributed by atoms with Crippen molar-refractivity contribution in [2.75, 3.05) is 44.2 Å². The minimum absolute atomic E-state index is 0.0206. The van der Waals surface area contributed by atoms with Gasteiger partial charge in [0.05, 0.1) is 29.5 Å². The third-order valence-corrected chi connectivity index (χ3v) is 10.3. The molecule has 6 heterocycles. The first-order valence-electron chi connectivity index (χ1n) is 15.0. The van der Waals surface area contributed by atoms with E-state index in [4.69, 9.17) is 4.74 Å². The van der Waals surface area contributed by atoms with E-state index in [0.717, 1.165) is 19.4 Å². The summed E-state index contributed by atoms with van der Waals surface area (Å²) in [6.07, 6.45) is 3.69. The Balaban J connectivity index is 1.33. The van der Waals surface area contributed by atoms with E-state index in [-0.39, 0.29) is 70.3 Å². The smallest absolute Gasteiger partial charge is 0.319 e. The number of piperazine rings is 1. The lowest BCUT2D eigenvalue weighted by molar-refractivity contribution is -0.128. The Morgan fingerprint density at radius 1 is 1.17 bits per heavy atom. The van der Waals surface area contributed by atoms with Crippen molar-refractivity contribution < 1.29 is 27.1 Å². The van der Waals surface area contributed by atoms with Crippen LogP contribution >= 0.6 is 11.3 Å². The van der Waals surface area contributed by atoms with E-state index >= 15 is 4.39 Å². The van der Waals surface area contributed by atoms with Crippen LogP contribution in [0.3, 0.4) is 0 Å². The Morgan fingerprint density at radius 2 is 2.02 bits per heavy atom. The molecule has 1 amide bonds. The number of carbonyl (C=O) groups is 1. The molecule has 3 aromatic heterocycles. The number of ether oxygens (including phenoxy) is 1. The fourth-order valence-corrected chi connectivity index (χ4v) is 8.07. The highest BCUT2D eigenvalue weighted by molar-refractivity contribution is 7.18. The molecule has 0 spiro atoms. The number of nitriles is 1. The molecular formula is C32H29F4N7O2S. The molecule has 0 bridgehead atoms. The highest BCUT2D eigenvalue weighted by Gasteiger charge is 2.49. The van der Waals surface area contributed by atoms with Crippen LogP contribution < -0.4 is 9.64 Å². The maximum absolute atomic E-state index is 16.6. The molecule has 4 aromatic rings. The Labute approximate surface area is 265 Å². The predicted octanol–water partition coefficient (Wildman–Crippen LogP) is 5.40. The quantitative estimate of drug-likeness (QED) is 0.194. The normalized spacial score (nSPS) is 23.2. The second-order valence-electron chi connectivity index (χ2n) is 11.9. The van der Waals surface area contributed by atoms with Crippen molar-refractivity contribution in [1.82, 2.24) is 24.8 Å². The molecular weight excluding hydrogens is 622 g/mol. The summed E-state index contributed by atoms with van der Waals surface area (Å²) in [7, 11) is 0. The van der Waals surface area contributed by atoms with Gasteiger partial charge < -0.3 is 14.5 Å². The van der Waals surface area contributed by atoms with Crippen LogP contribution in [0.25, 0.3) is 32.2 Å². The van der Waals surface area contributed by atoms with Gasteiger partial charge in [-0.3, -0.25) is 14.7 Å². The van der Waals surface area contributed by atoms with Crippen molar-refractivity contribution in [3.63, 3.8) is 0 Å². The largest absolute Gasteiger partial charge is 0.461 e. The van der Waals surface area contributed by atoms with E-state index in [1.165, 1.54) is 30.5 Å². The van der Waals surface area contributed by atoms with Crippen LogP contribution in [0.1, 0.15) is 25.7 Å². The average molecular weight is 652 g/mol. The number of hydrogen-bond donors (Lipinski definition) is 0.